The number of pyridine rings is 1. The van der Waals surface area contributed by atoms with Crippen LogP contribution in [0, 0.1) is 0 Å². The summed E-state index contributed by atoms with van der Waals surface area (Å²) >= 11 is 0. The Kier molecular flexibility index (Phi) is 2.11. The summed E-state index contributed by atoms with van der Waals surface area (Å²) in [7, 11) is 0. The van der Waals surface area contributed by atoms with Gasteiger partial charge in [-0.2, -0.15) is 0 Å². The Morgan fingerprint density at radius 1 is 1.36 bits per heavy atom. The molecule has 0 radical (unpaired) electrons. The molecule has 1 heterocycles. The molecule has 0 amide bonds. The topological polar surface area (TPSA) is 30.0 Å². The Hall–Kier alpha value is -1.96. The number of nitrogens with zero attached hydrogens (tertiary/aromatic N) is 1. The van der Waals surface area contributed by atoms with Gasteiger partial charge in [0.1, 0.15) is 0 Å². The van der Waals surface area contributed by atoms with Gasteiger partial charge in [-0.1, -0.05) is 24.8 Å². The van der Waals surface area contributed by atoms with Gasteiger partial charge in [0, 0.05) is 17.1 Å². The Balaban J connectivity index is 2.62. The fourth-order valence-corrected chi connectivity index (χ4v) is 1.34. The molecule has 1 aromatic heterocycles. The molecule has 0 aliphatic rings. The first-order chi connectivity index (χ1) is 6.81. The Bertz CT molecular complexity index is 502. The Morgan fingerprint density at radius 2 is 2.21 bits per heavy atom. The van der Waals surface area contributed by atoms with Crippen molar-refractivity contribution in [3.05, 3.63) is 54.7 Å². The molecule has 14 heavy (non-hydrogen) atoms. The maximum absolute atomic E-state index is 11.3. The summed E-state index contributed by atoms with van der Waals surface area (Å²) in [6.07, 6.45) is 3.02. The molecule has 0 N–H and O–H groups in total. The van der Waals surface area contributed by atoms with Crippen LogP contribution in [0.15, 0.2) is 49.2 Å². The van der Waals surface area contributed by atoms with Gasteiger partial charge in [-0.3, -0.25) is 9.78 Å². The number of rotatable bonds is 2. The summed E-state index contributed by atoms with van der Waals surface area (Å²) in [4.78, 5) is 15.5. The fourth-order valence-electron chi connectivity index (χ4n) is 1.34. The molecule has 0 saturated heterocycles. The molecule has 2 heteroatoms. The van der Waals surface area contributed by atoms with Crippen molar-refractivity contribution < 1.29 is 4.79 Å². The molecule has 0 saturated carbocycles. The molecule has 68 valence electrons. The molecule has 2 rings (SSSR count). The number of fused-ring (bicyclic) bond motifs is 1. The van der Waals surface area contributed by atoms with Crippen molar-refractivity contribution in [1.82, 2.24) is 4.98 Å². The van der Waals surface area contributed by atoms with Crippen molar-refractivity contribution >= 4 is 16.7 Å². The molecule has 0 fully saturated rings. The van der Waals surface area contributed by atoms with E-state index in [0.29, 0.717) is 5.56 Å². The van der Waals surface area contributed by atoms with Crippen LogP contribution in [0.4, 0.5) is 0 Å². The molecule has 0 bridgehead atoms. The summed E-state index contributed by atoms with van der Waals surface area (Å²) in [5.74, 6) is -0.0717. The molecule has 0 spiro atoms. The van der Waals surface area contributed by atoms with Crippen molar-refractivity contribution in [3.8, 4) is 0 Å². The van der Waals surface area contributed by atoms with Crippen molar-refractivity contribution in [3.63, 3.8) is 0 Å². The highest BCUT2D eigenvalue weighted by atomic mass is 16.1. The van der Waals surface area contributed by atoms with Gasteiger partial charge in [-0.05, 0) is 18.2 Å². The van der Waals surface area contributed by atoms with E-state index < -0.39 is 0 Å². The van der Waals surface area contributed by atoms with Gasteiger partial charge in [0.15, 0.2) is 5.78 Å². The quantitative estimate of drug-likeness (QED) is 0.529. The highest BCUT2D eigenvalue weighted by Crippen LogP contribution is 2.13. The van der Waals surface area contributed by atoms with Gasteiger partial charge >= 0.3 is 0 Å². The number of allylic oxidation sites excluding steroid dienone is 1. The van der Waals surface area contributed by atoms with E-state index >= 15 is 0 Å². The summed E-state index contributed by atoms with van der Waals surface area (Å²) < 4.78 is 0. The van der Waals surface area contributed by atoms with Crippen LogP contribution in [0.25, 0.3) is 10.9 Å². The van der Waals surface area contributed by atoms with Gasteiger partial charge in [0.25, 0.3) is 0 Å². The number of carbonyl (C=O) groups excluding carboxylic acids is 1. The van der Waals surface area contributed by atoms with E-state index in [2.05, 4.69) is 11.6 Å². The second kappa shape index (κ2) is 3.42. The van der Waals surface area contributed by atoms with Crippen molar-refractivity contribution in [2.24, 2.45) is 0 Å². The highest BCUT2D eigenvalue weighted by molar-refractivity contribution is 6.06. The number of aromatic nitrogens is 1. The zero-order chi connectivity index (χ0) is 9.97. The van der Waals surface area contributed by atoms with Crippen LogP contribution in [0.1, 0.15) is 10.4 Å². The van der Waals surface area contributed by atoms with Gasteiger partial charge < -0.3 is 0 Å². The lowest BCUT2D eigenvalue weighted by molar-refractivity contribution is 0.104. The number of ketones is 1. The van der Waals surface area contributed by atoms with Crippen molar-refractivity contribution in [2.75, 3.05) is 0 Å². The largest absolute Gasteiger partial charge is 0.289 e. The average Bonchev–Trinajstić information content (AvgIpc) is 2.27. The van der Waals surface area contributed by atoms with Crippen LogP contribution in [0.3, 0.4) is 0 Å². The second-order valence-electron chi connectivity index (χ2n) is 2.98. The van der Waals surface area contributed by atoms with E-state index in [1.165, 1.54) is 6.08 Å². The smallest absolute Gasteiger partial charge is 0.185 e. The van der Waals surface area contributed by atoms with Gasteiger partial charge in [-0.15, -0.1) is 0 Å². The molecular weight excluding hydrogens is 174 g/mol. The van der Waals surface area contributed by atoms with E-state index in [1.54, 1.807) is 18.3 Å². The van der Waals surface area contributed by atoms with Crippen molar-refractivity contribution in [1.29, 1.82) is 0 Å². The lowest BCUT2D eigenvalue weighted by Crippen LogP contribution is -1.93. The lowest BCUT2D eigenvalue weighted by atomic mass is 10.1. The summed E-state index contributed by atoms with van der Waals surface area (Å²) in [5.41, 5.74) is 1.46. The number of hydrogen-bond donors (Lipinski definition) is 0. The summed E-state index contributed by atoms with van der Waals surface area (Å²) in [5, 5.41) is 1.04. The van der Waals surface area contributed by atoms with Crippen LogP contribution in [-0.2, 0) is 0 Å². The van der Waals surface area contributed by atoms with Gasteiger partial charge in [0.05, 0.1) is 5.52 Å². The maximum atomic E-state index is 11.3. The van der Waals surface area contributed by atoms with E-state index in [9.17, 15) is 4.79 Å². The molecule has 0 atom stereocenters. The maximum Gasteiger partial charge on any atom is 0.185 e. The Labute approximate surface area is 81.9 Å². The van der Waals surface area contributed by atoms with Crippen molar-refractivity contribution in [2.45, 2.75) is 0 Å². The molecule has 2 nitrogen and oxygen atoms in total. The zero-order valence-electron chi connectivity index (χ0n) is 7.60. The van der Waals surface area contributed by atoms with Gasteiger partial charge in [0.2, 0.25) is 0 Å². The monoisotopic (exact) mass is 183 g/mol. The molecule has 2 aromatic rings. The van der Waals surface area contributed by atoms with E-state index in [1.807, 2.05) is 18.2 Å². The minimum atomic E-state index is -0.0717. The van der Waals surface area contributed by atoms with Crippen LogP contribution in [0.2, 0.25) is 0 Å². The Morgan fingerprint density at radius 3 is 3.00 bits per heavy atom. The third-order valence-corrected chi connectivity index (χ3v) is 2.08. The van der Waals surface area contributed by atoms with Crippen LogP contribution >= 0.6 is 0 Å². The number of carbonyl (C=O) groups is 1. The molecular formula is C12H9NO. The third kappa shape index (κ3) is 1.42. The molecule has 0 unspecified atom stereocenters. The first kappa shape index (κ1) is 8.63. The average molecular weight is 183 g/mol. The highest BCUT2D eigenvalue weighted by Gasteiger charge is 2.01. The predicted molar refractivity (Wildman–Crippen MR) is 56.3 cm³/mol. The summed E-state index contributed by atoms with van der Waals surface area (Å²) in [6, 6.07) is 9.29. The van der Waals surface area contributed by atoms with Crippen LogP contribution in [0.5, 0.6) is 0 Å². The summed E-state index contributed by atoms with van der Waals surface area (Å²) in [6.45, 7) is 3.45. The predicted octanol–water partition coefficient (Wildman–Crippen LogP) is 2.60. The normalized spacial score (nSPS) is 10.0. The van der Waals surface area contributed by atoms with E-state index in [-0.39, 0.29) is 5.78 Å². The van der Waals surface area contributed by atoms with E-state index in [4.69, 9.17) is 0 Å². The number of hydrogen-bond acceptors (Lipinski definition) is 2. The van der Waals surface area contributed by atoms with E-state index in [0.717, 1.165) is 10.9 Å². The van der Waals surface area contributed by atoms with Crippen LogP contribution < -0.4 is 0 Å². The molecule has 0 aliphatic heterocycles. The molecule has 0 aliphatic carbocycles. The minimum absolute atomic E-state index is 0.0717. The standard InChI is InChI=1S/C12H9NO/c1-2-12(14)10-6-5-9-4-3-7-13-11(9)8-10/h2-8H,1H2. The lowest BCUT2D eigenvalue weighted by Gasteiger charge is -1.98. The number of benzene rings is 1. The third-order valence-electron chi connectivity index (χ3n) is 2.08. The second-order valence-corrected chi connectivity index (χ2v) is 2.98. The first-order valence-electron chi connectivity index (χ1n) is 4.33. The van der Waals surface area contributed by atoms with Crippen LogP contribution in [-0.4, -0.2) is 10.8 Å². The molecule has 1 aromatic carbocycles. The minimum Gasteiger partial charge on any atom is -0.289 e. The first-order valence-corrected chi connectivity index (χ1v) is 4.33. The fraction of sp³-hybridized carbons (Fsp3) is 0. The zero-order valence-corrected chi connectivity index (χ0v) is 7.60. The SMILES string of the molecule is C=CC(=O)c1ccc2cccnc2c1. The van der Waals surface area contributed by atoms with Gasteiger partial charge in [-0.25, -0.2) is 0 Å².